The first kappa shape index (κ1) is 36.0. The molecule has 5 N–H and O–H groups in total. The van der Waals surface area contributed by atoms with E-state index in [1.54, 1.807) is 6.92 Å². The Kier molecular flexibility index (Phi) is 11.7. The molecule has 2 aromatic rings. The lowest BCUT2D eigenvalue weighted by molar-refractivity contribution is -0.135. The minimum Gasteiger partial charge on any atom is -0.361 e. The molecule has 262 valence electrons. The second-order valence-electron chi connectivity index (χ2n) is 14.5. The molecule has 49 heavy (non-hydrogen) atoms. The molecule has 2 bridgehead atoms. The monoisotopic (exact) mass is 671 g/mol. The van der Waals surface area contributed by atoms with E-state index < -0.39 is 47.5 Å². The number of nitrogens with two attached hydrogens (primary N) is 1. The fourth-order valence-corrected chi connectivity index (χ4v) is 7.48. The van der Waals surface area contributed by atoms with Gasteiger partial charge >= 0.3 is 0 Å². The van der Waals surface area contributed by atoms with Gasteiger partial charge in [0.2, 0.25) is 17.7 Å². The number of Topliss-reactive ketones (excluding diaryl/α,β-unsaturated/α-hetero) is 1. The van der Waals surface area contributed by atoms with Gasteiger partial charge in [0, 0.05) is 17.9 Å². The number of fused-ring (bicyclic) bond motifs is 2. The second-order valence-corrected chi connectivity index (χ2v) is 14.5. The van der Waals surface area contributed by atoms with Gasteiger partial charge < -0.3 is 26.4 Å². The zero-order valence-corrected chi connectivity index (χ0v) is 28.6. The maximum Gasteiger partial charge on any atom is 0.243 e. The number of nitrogens with zero attached hydrogens (tertiary/aromatic N) is 3. The Morgan fingerprint density at radius 3 is 2.12 bits per heavy atom. The third-order valence-corrected chi connectivity index (χ3v) is 10.5. The van der Waals surface area contributed by atoms with Crippen molar-refractivity contribution >= 4 is 23.5 Å². The molecule has 0 aromatic heterocycles. The van der Waals surface area contributed by atoms with E-state index in [9.17, 15) is 24.7 Å². The van der Waals surface area contributed by atoms with E-state index in [4.69, 9.17) is 10.5 Å². The molecule has 12 nitrogen and oxygen atoms in total. The topological polar surface area (TPSA) is 192 Å². The molecule has 3 fully saturated rings. The van der Waals surface area contributed by atoms with Crippen molar-refractivity contribution in [1.29, 1.82) is 0 Å². The van der Waals surface area contributed by atoms with Crippen LogP contribution in [0, 0.1) is 23.7 Å². The number of ether oxygens (including phenoxy) is 1. The number of azide groups is 1. The van der Waals surface area contributed by atoms with Gasteiger partial charge in [0.1, 0.15) is 23.7 Å². The quantitative estimate of drug-likeness (QED) is 0.0853. The number of carbonyl (C=O) groups excluding carboxylic acids is 4. The summed E-state index contributed by atoms with van der Waals surface area (Å²) >= 11 is 0. The minimum atomic E-state index is -1.10. The maximum absolute atomic E-state index is 14.0. The molecule has 1 heterocycles. The Morgan fingerprint density at radius 1 is 0.898 bits per heavy atom. The van der Waals surface area contributed by atoms with E-state index in [0.717, 1.165) is 29.5 Å². The summed E-state index contributed by atoms with van der Waals surface area (Å²) in [6, 6.07) is 12.6. The van der Waals surface area contributed by atoms with E-state index in [1.165, 1.54) is 12.8 Å². The summed E-state index contributed by atoms with van der Waals surface area (Å²) in [7, 11) is 0. The van der Waals surface area contributed by atoms with E-state index in [0.29, 0.717) is 37.3 Å². The average Bonchev–Trinajstić information content (AvgIpc) is 3.50. The van der Waals surface area contributed by atoms with Crippen LogP contribution in [-0.4, -0.2) is 59.9 Å². The number of rotatable bonds is 17. The molecule has 8 atom stereocenters. The molecule has 2 aliphatic carbocycles. The first-order chi connectivity index (χ1) is 23.5. The van der Waals surface area contributed by atoms with Crippen molar-refractivity contribution in [3.63, 3.8) is 0 Å². The third-order valence-electron chi connectivity index (χ3n) is 10.5. The molecular weight excluding hydrogens is 622 g/mol. The zero-order valence-electron chi connectivity index (χ0n) is 28.6. The lowest BCUT2D eigenvalue weighted by Crippen LogP contribution is -2.59. The highest BCUT2D eigenvalue weighted by molar-refractivity contribution is 5.98. The van der Waals surface area contributed by atoms with E-state index >= 15 is 0 Å². The van der Waals surface area contributed by atoms with E-state index in [1.807, 2.05) is 68.4 Å². The Hall–Kier alpha value is -4.25. The molecular formula is C37H49N7O5. The summed E-state index contributed by atoms with van der Waals surface area (Å²) in [6.45, 7) is 6.08. The Bertz CT molecular complexity index is 1540. The predicted molar refractivity (Wildman–Crippen MR) is 185 cm³/mol. The number of nitrogens with one attached hydrogen (secondary N) is 3. The normalized spacial score (nSPS) is 24.6. The van der Waals surface area contributed by atoms with Crippen LogP contribution in [0.25, 0.3) is 10.4 Å². The number of hydrogen-bond acceptors (Lipinski definition) is 7. The number of amides is 3. The molecule has 5 rings (SSSR count). The van der Waals surface area contributed by atoms with Crippen LogP contribution in [0.1, 0.15) is 69.6 Å². The molecule has 3 amide bonds. The lowest BCUT2D eigenvalue weighted by Gasteiger charge is -2.30. The molecule has 2 aromatic carbocycles. The Morgan fingerprint density at radius 2 is 1.55 bits per heavy atom. The molecule has 1 saturated heterocycles. The average molecular weight is 672 g/mol. The number of benzene rings is 2. The summed E-state index contributed by atoms with van der Waals surface area (Å²) < 4.78 is 5.49. The summed E-state index contributed by atoms with van der Waals surface area (Å²) in [4.78, 5) is 57.9. The molecule has 0 radical (unpaired) electrons. The first-order valence-electron chi connectivity index (χ1n) is 17.4. The van der Waals surface area contributed by atoms with Gasteiger partial charge in [-0.05, 0) is 84.9 Å². The fourth-order valence-electron chi connectivity index (χ4n) is 7.48. The Balaban J connectivity index is 1.32. The number of epoxide rings is 1. The summed E-state index contributed by atoms with van der Waals surface area (Å²) in [5.74, 6) is -0.463. The van der Waals surface area contributed by atoms with Gasteiger partial charge in [0.15, 0.2) is 5.78 Å². The van der Waals surface area contributed by atoms with Crippen LogP contribution in [0.3, 0.4) is 0 Å². The Labute approximate surface area is 287 Å². The highest BCUT2D eigenvalue weighted by Crippen LogP contribution is 2.50. The van der Waals surface area contributed by atoms with Gasteiger partial charge in [-0.25, -0.2) is 0 Å². The lowest BCUT2D eigenvalue weighted by atomic mass is 9.82. The highest BCUT2D eigenvalue weighted by Gasteiger charge is 2.52. The summed E-state index contributed by atoms with van der Waals surface area (Å²) in [6.07, 6.45) is 5.48. The van der Waals surface area contributed by atoms with Gasteiger partial charge in [0.25, 0.3) is 0 Å². The van der Waals surface area contributed by atoms with Crippen molar-refractivity contribution in [3.8, 4) is 0 Å². The van der Waals surface area contributed by atoms with Crippen LogP contribution in [0.15, 0.2) is 59.7 Å². The third kappa shape index (κ3) is 9.26. The van der Waals surface area contributed by atoms with Crippen LogP contribution in [0.2, 0.25) is 0 Å². The smallest absolute Gasteiger partial charge is 0.243 e. The molecule has 3 unspecified atom stereocenters. The van der Waals surface area contributed by atoms with Gasteiger partial charge in [-0.2, -0.15) is 0 Å². The van der Waals surface area contributed by atoms with Gasteiger partial charge in [-0.3, -0.25) is 19.2 Å². The largest absolute Gasteiger partial charge is 0.361 e. The molecule has 2 saturated carbocycles. The van der Waals surface area contributed by atoms with Gasteiger partial charge in [-0.1, -0.05) is 80.0 Å². The van der Waals surface area contributed by atoms with E-state index in [2.05, 4.69) is 26.0 Å². The van der Waals surface area contributed by atoms with Crippen LogP contribution in [0.4, 0.5) is 0 Å². The van der Waals surface area contributed by atoms with Crippen molar-refractivity contribution < 1.29 is 23.9 Å². The van der Waals surface area contributed by atoms with Gasteiger partial charge in [0.05, 0.1) is 12.6 Å². The number of hydrogen-bond donors (Lipinski definition) is 4. The van der Waals surface area contributed by atoms with Crippen LogP contribution >= 0.6 is 0 Å². The van der Waals surface area contributed by atoms with Crippen molar-refractivity contribution in [2.45, 2.75) is 102 Å². The summed E-state index contributed by atoms with van der Waals surface area (Å²) in [5.41, 5.74) is 16.6. The van der Waals surface area contributed by atoms with Crippen molar-refractivity contribution in [2.24, 2.45) is 34.5 Å². The molecule has 3 aliphatic rings. The fraction of sp³-hybridized carbons (Fsp3) is 0.568. The van der Waals surface area contributed by atoms with Crippen LogP contribution in [-0.2, 0) is 43.3 Å². The first-order valence-corrected chi connectivity index (χ1v) is 17.4. The van der Waals surface area contributed by atoms with Crippen LogP contribution in [0.5, 0.6) is 0 Å². The number of ketones is 1. The van der Waals surface area contributed by atoms with Gasteiger partial charge in [-0.15, -0.1) is 0 Å². The van der Waals surface area contributed by atoms with Crippen molar-refractivity contribution in [1.82, 2.24) is 16.0 Å². The summed E-state index contributed by atoms with van der Waals surface area (Å²) in [5, 5.41) is 12.4. The van der Waals surface area contributed by atoms with E-state index in [-0.39, 0.29) is 24.5 Å². The maximum atomic E-state index is 14.0. The van der Waals surface area contributed by atoms with Crippen molar-refractivity contribution in [3.05, 3.63) is 81.7 Å². The zero-order chi connectivity index (χ0) is 35.1. The molecule has 1 aliphatic heterocycles. The standard InChI is InChI=1S/C37H49N7O5/c1-22(2)32(36(48)40-29(33(45)37(3)21-49-37)19-28-16-26-13-14-27(28)15-26)42-34(46)30(17-24-9-11-25(20-38)12-10-24)41-35(47)31(43-44-39)18-23-7-5-4-6-8-23/h4-12,22,26-32H,13-21,38H2,1-3H3,(H,40,48)(H,41,47)(H,42,46)/t26?,27?,28?,29-,30-,31-,32-,37+/m0/s1. The second kappa shape index (κ2) is 16.0. The molecule has 12 heteroatoms. The highest BCUT2D eigenvalue weighted by atomic mass is 16.6. The van der Waals surface area contributed by atoms with Crippen LogP contribution < -0.4 is 21.7 Å². The minimum absolute atomic E-state index is 0.115. The van der Waals surface area contributed by atoms with Crippen molar-refractivity contribution in [2.75, 3.05) is 6.61 Å². The predicted octanol–water partition coefficient (Wildman–Crippen LogP) is 3.90. The molecule has 0 spiro atoms. The number of carbonyl (C=O) groups is 4. The SMILES string of the molecule is CC(C)[C@H](NC(=O)[C@H](Cc1ccc(CN)cc1)NC(=O)[C@H](Cc1ccccc1)N=[N+]=[N-])C(=O)N[C@@H](CC1CC2CCC1C2)C(=O)[C@@]1(C)CO1.